The van der Waals surface area contributed by atoms with Crippen molar-refractivity contribution in [3.05, 3.63) is 54.6 Å². The van der Waals surface area contributed by atoms with Gasteiger partial charge >= 0.3 is 6.09 Å². The third-order valence-corrected chi connectivity index (χ3v) is 3.53. The molecule has 2 amide bonds. The topological polar surface area (TPSA) is 67.4 Å². The lowest BCUT2D eigenvalue weighted by molar-refractivity contribution is -0.116. The molecule has 0 radical (unpaired) electrons. The molecule has 26 heavy (non-hydrogen) atoms. The zero-order valence-corrected chi connectivity index (χ0v) is 15.5. The standard InChI is InChI=1S/C21H26N2O3/c1-21(2,3)26-20(25)22-15-9-14-19(24)23-18-13-8-7-12-17(18)16-10-5-4-6-11-16/h4-8,10-13H,9,14-15H2,1-3H3,(H,22,25)(H,23,24). The van der Waals surface area contributed by atoms with Crippen LogP contribution in [0.3, 0.4) is 0 Å². The fraction of sp³-hybridized carbons (Fsp3) is 0.333. The fourth-order valence-electron chi connectivity index (χ4n) is 2.43. The normalized spacial score (nSPS) is 10.9. The van der Waals surface area contributed by atoms with Gasteiger partial charge in [0.1, 0.15) is 5.60 Å². The number of amides is 2. The van der Waals surface area contributed by atoms with Gasteiger partial charge in [-0.05, 0) is 38.8 Å². The number of rotatable bonds is 6. The Hall–Kier alpha value is -2.82. The second kappa shape index (κ2) is 9.04. The van der Waals surface area contributed by atoms with E-state index < -0.39 is 11.7 Å². The van der Waals surface area contributed by atoms with Crippen LogP contribution in [0.25, 0.3) is 11.1 Å². The molecule has 0 aliphatic heterocycles. The minimum Gasteiger partial charge on any atom is -0.444 e. The summed E-state index contributed by atoms with van der Waals surface area (Å²) in [5.74, 6) is -0.0839. The molecule has 0 heterocycles. The Morgan fingerprint density at radius 2 is 1.62 bits per heavy atom. The van der Waals surface area contributed by atoms with Gasteiger partial charge in [0, 0.05) is 24.2 Å². The first-order valence-corrected chi connectivity index (χ1v) is 8.76. The maximum Gasteiger partial charge on any atom is 0.407 e. The minimum atomic E-state index is -0.525. The van der Waals surface area contributed by atoms with Gasteiger partial charge in [-0.15, -0.1) is 0 Å². The molecular formula is C21H26N2O3. The zero-order chi connectivity index (χ0) is 19.0. The molecule has 0 aromatic heterocycles. The van der Waals surface area contributed by atoms with Crippen LogP contribution in [-0.4, -0.2) is 24.1 Å². The number of carbonyl (C=O) groups excluding carboxylic acids is 2. The van der Waals surface area contributed by atoms with Crippen LogP contribution in [0.1, 0.15) is 33.6 Å². The molecule has 0 bridgehead atoms. The maximum absolute atomic E-state index is 12.2. The highest BCUT2D eigenvalue weighted by atomic mass is 16.6. The molecule has 0 spiro atoms. The predicted octanol–water partition coefficient (Wildman–Crippen LogP) is 4.60. The van der Waals surface area contributed by atoms with E-state index in [1.165, 1.54) is 0 Å². The first-order chi connectivity index (χ1) is 12.3. The first-order valence-electron chi connectivity index (χ1n) is 8.76. The van der Waals surface area contributed by atoms with Crippen LogP contribution < -0.4 is 10.6 Å². The van der Waals surface area contributed by atoms with Crippen molar-refractivity contribution in [1.29, 1.82) is 0 Å². The molecular weight excluding hydrogens is 328 g/mol. The van der Waals surface area contributed by atoms with Crippen molar-refractivity contribution in [3.63, 3.8) is 0 Å². The van der Waals surface area contributed by atoms with Gasteiger partial charge in [-0.1, -0.05) is 48.5 Å². The summed E-state index contributed by atoms with van der Waals surface area (Å²) < 4.78 is 5.15. The van der Waals surface area contributed by atoms with Gasteiger partial charge in [-0.25, -0.2) is 4.79 Å². The molecule has 0 saturated heterocycles. The van der Waals surface area contributed by atoms with E-state index in [2.05, 4.69) is 10.6 Å². The summed E-state index contributed by atoms with van der Waals surface area (Å²) in [7, 11) is 0. The van der Waals surface area contributed by atoms with E-state index in [0.29, 0.717) is 19.4 Å². The van der Waals surface area contributed by atoms with E-state index in [0.717, 1.165) is 16.8 Å². The average molecular weight is 354 g/mol. The summed E-state index contributed by atoms with van der Waals surface area (Å²) in [6.45, 7) is 5.82. The number of para-hydroxylation sites is 1. The van der Waals surface area contributed by atoms with Crippen molar-refractivity contribution < 1.29 is 14.3 Å². The number of nitrogens with one attached hydrogen (secondary N) is 2. The van der Waals surface area contributed by atoms with Gasteiger partial charge in [-0.2, -0.15) is 0 Å². The molecule has 2 aromatic rings. The molecule has 2 N–H and O–H groups in total. The summed E-state index contributed by atoms with van der Waals surface area (Å²) in [5.41, 5.74) is 2.29. The van der Waals surface area contributed by atoms with Crippen molar-refractivity contribution in [2.24, 2.45) is 0 Å². The van der Waals surface area contributed by atoms with Crippen molar-refractivity contribution in [2.45, 2.75) is 39.2 Å². The molecule has 2 rings (SSSR count). The monoisotopic (exact) mass is 354 g/mol. The largest absolute Gasteiger partial charge is 0.444 e. The van der Waals surface area contributed by atoms with E-state index in [4.69, 9.17) is 4.74 Å². The molecule has 0 unspecified atom stereocenters. The van der Waals surface area contributed by atoms with Gasteiger partial charge in [0.25, 0.3) is 0 Å². The Bertz CT molecular complexity index is 736. The Balaban J connectivity index is 1.83. The van der Waals surface area contributed by atoms with Crippen LogP contribution in [0.5, 0.6) is 0 Å². The van der Waals surface area contributed by atoms with Gasteiger partial charge in [0.05, 0.1) is 0 Å². The number of benzene rings is 2. The number of hydrogen-bond donors (Lipinski definition) is 2. The average Bonchev–Trinajstić information content (AvgIpc) is 2.58. The van der Waals surface area contributed by atoms with Crippen LogP contribution >= 0.6 is 0 Å². The maximum atomic E-state index is 12.2. The van der Waals surface area contributed by atoms with E-state index in [1.54, 1.807) is 0 Å². The lowest BCUT2D eigenvalue weighted by atomic mass is 10.0. The lowest BCUT2D eigenvalue weighted by Crippen LogP contribution is -2.33. The Labute approximate surface area is 154 Å². The zero-order valence-electron chi connectivity index (χ0n) is 15.5. The number of alkyl carbamates (subject to hydrolysis) is 1. The molecule has 0 aliphatic rings. The Morgan fingerprint density at radius 3 is 2.31 bits per heavy atom. The first kappa shape index (κ1) is 19.5. The molecule has 138 valence electrons. The quantitative estimate of drug-likeness (QED) is 0.745. The van der Waals surface area contributed by atoms with Gasteiger partial charge < -0.3 is 15.4 Å². The predicted molar refractivity (Wildman–Crippen MR) is 104 cm³/mol. The van der Waals surface area contributed by atoms with Gasteiger partial charge in [0.2, 0.25) is 5.91 Å². The van der Waals surface area contributed by atoms with Crippen LogP contribution in [-0.2, 0) is 9.53 Å². The summed E-state index contributed by atoms with van der Waals surface area (Å²) in [6.07, 6.45) is 0.393. The number of carbonyl (C=O) groups is 2. The second-order valence-electron chi connectivity index (χ2n) is 6.99. The smallest absolute Gasteiger partial charge is 0.407 e. The van der Waals surface area contributed by atoms with Crippen molar-refractivity contribution in [1.82, 2.24) is 5.32 Å². The van der Waals surface area contributed by atoms with Gasteiger partial charge in [0.15, 0.2) is 0 Å². The molecule has 0 fully saturated rings. The van der Waals surface area contributed by atoms with Crippen LogP contribution in [0.4, 0.5) is 10.5 Å². The fourth-order valence-corrected chi connectivity index (χ4v) is 2.43. The van der Waals surface area contributed by atoms with Crippen LogP contribution in [0.15, 0.2) is 54.6 Å². The third-order valence-electron chi connectivity index (χ3n) is 3.53. The van der Waals surface area contributed by atoms with Crippen LogP contribution in [0.2, 0.25) is 0 Å². The highest BCUT2D eigenvalue weighted by Crippen LogP contribution is 2.27. The Morgan fingerprint density at radius 1 is 0.962 bits per heavy atom. The Kier molecular flexibility index (Phi) is 6.78. The number of ether oxygens (including phenoxy) is 1. The lowest BCUT2D eigenvalue weighted by Gasteiger charge is -2.19. The molecule has 0 atom stereocenters. The highest BCUT2D eigenvalue weighted by molar-refractivity contribution is 5.95. The SMILES string of the molecule is CC(C)(C)OC(=O)NCCCC(=O)Nc1ccccc1-c1ccccc1. The highest BCUT2D eigenvalue weighted by Gasteiger charge is 2.15. The number of anilines is 1. The van der Waals surface area contributed by atoms with Crippen molar-refractivity contribution in [3.8, 4) is 11.1 Å². The van der Waals surface area contributed by atoms with E-state index in [-0.39, 0.29) is 5.91 Å². The summed E-state index contributed by atoms with van der Waals surface area (Å²) in [6, 6.07) is 17.6. The minimum absolute atomic E-state index is 0.0839. The van der Waals surface area contributed by atoms with Crippen molar-refractivity contribution >= 4 is 17.7 Å². The van der Waals surface area contributed by atoms with Crippen LogP contribution in [0, 0.1) is 0 Å². The molecule has 2 aromatic carbocycles. The summed E-state index contributed by atoms with van der Waals surface area (Å²) in [4.78, 5) is 23.8. The van der Waals surface area contributed by atoms with E-state index in [1.807, 2.05) is 75.4 Å². The summed E-state index contributed by atoms with van der Waals surface area (Å²) >= 11 is 0. The van der Waals surface area contributed by atoms with E-state index >= 15 is 0 Å². The second-order valence-corrected chi connectivity index (χ2v) is 6.99. The van der Waals surface area contributed by atoms with E-state index in [9.17, 15) is 9.59 Å². The molecule has 0 saturated carbocycles. The van der Waals surface area contributed by atoms with Gasteiger partial charge in [-0.3, -0.25) is 4.79 Å². The number of hydrogen-bond acceptors (Lipinski definition) is 3. The third kappa shape index (κ3) is 6.59. The molecule has 0 aliphatic carbocycles. The van der Waals surface area contributed by atoms with Crippen molar-refractivity contribution in [2.75, 3.05) is 11.9 Å². The molecule has 5 heteroatoms. The summed E-state index contributed by atoms with van der Waals surface area (Å²) in [5, 5.41) is 5.61. The molecule has 5 nitrogen and oxygen atoms in total.